The average Bonchev–Trinajstić information content (AvgIpc) is 2.86. The molecule has 22 heavy (non-hydrogen) atoms. The van der Waals surface area contributed by atoms with Crippen LogP contribution in [0.2, 0.25) is 0 Å². The zero-order valence-corrected chi connectivity index (χ0v) is 12.8. The fourth-order valence-electron chi connectivity index (χ4n) is 2.53. The molecule has 0 aromatic carbocycles. The second-order valence-electron chi connectivity index (χ2n) is 5.02. The quantitative estimate of drug-likeness (QED) is 0.683. The smallest absolute Gasteiger partial charge is 0.351 e. The molecular formula is C13H16N6O2S. The molecule has 0 aliphatic carbocycles. The molecule has 3 rings (SSSR count). The predicted octanol–water partition coefficient (Wildman–Crippen LogP) is 2.97. The van der Waals surface area contributed by atoms with Crippen molar-refractivity contribution in [2.45, 2.75) is 25.7 Å². The van der Waals surface area contributed by atoms with E-state index < -0.39 is 4.92 Å². The van der Waals surface area contributed by atoms with Crippen LogP contribution in [-0.2, 0) is 0 Å². The normalized spacial score (nSPS) is 15.4. The summed E-state index contributed by atoms with van der Waals surface area (Å²) in [4.78, 5) is 25.4. The fourth-order valence-corrected chi connectivity index (χ4v) is 3.06. The molecule has 1 aliphatic heterocycles. The van der Waals surface area contributed by atoms with E-state index in [0.29, 0.717) is 10.9 Å². The van der Waals surface area contributed by atoms with Crippen molar-refractivity contribution in [1.82, 2.24) is 15.0 Å². The second-order valence-corrected chi connectivity index (χ2v) is 5.91. The van der Waals surface area contributed by atoms with E-state index in [0.717, 1.165) is 38.8 Å². The molecule has 0 spiro atoms. The molecule has 1 saturated heterocycles. The molecule has 9 heteroatoms. The summed E-state index contributed by atoms with van der Waals surface area (Å²) >= 11 is 1.36. The molecule has 8 nitrogen and oxygen atoms in total. The first-order valence-corrected chi connectivity index (χ1v) is 8.04. The van der Waals surface area contributed by atoms with Gasteiger partial charge in [-0.2, -0.15) is 0 Å². The van der Waals surface area contributed by atoms with Crippen molar-refractivity contribution in [3.63, 3.8) is 0 Å². The van der Waals surface area contributed by atoms with Gasteiger partial charge in [0.1, 0.15) is 6.33 Å². The van der Waals surface area contributed by atoms with Crippen molar-refractivity contribution in [1.29, 1.82) is 0 Å². The summed E-state index contributed by atoms with van der Waals surface area (Å²) in [5.41, 5.74) is -0.0837. The van der Waals surface area contributed by atoms with Crippen LogP contribution in [0.5, 0.6) is 0 Å². The average molecular weight is 320 g/mol. The maximum Gasteiger partial charge on any atom is 0.353 e. The first kappa shape index (κ1) is 14.6. The summed E-state index contributed by atoms with van der Waals surface area (Å²) < 4.78 is 0. The number of anilines is 3. The first-order valence-electron chi connectivity index (χ1n) is 7.16. The van der Waals surface area contributed by atoms with Crippen molar-refractivity contribution in [2.24, 2.45) is 0 Å². The minimum atomic E-state index is -0.420. The maximum atomic E-state index is 11.5. The number of hydrogen-bond donors (Lipinski definition) is 1. The highest BCUT2D eigenvalue weighted by molar-refractivity contribution is 7.13. The molecule has 0 unspecified atom stereocenters. The Morgan fingerprint density at radius 1 is 1.18 bits per heavy atom. The van der Waals surface area contributed by atoms with Gasteiger partial charge in [0.25, 0.3) is 0 Å². The first-order chi connectivity index (χ1) is 10.8. The van der Waals surface area contributed by atoms with Gasteiger partial charge >= 0.3 is 5.69 Å². The maximum absolute atomic E-state index is 11.5. The molecule has 0 radical (unpaired) electrons. The van der Waals surface area contributed by atoms with E-state index in [2.05, 4.69) is 20.3 Å². The van der Waals surface area contributed by atoms with Crippen molar-refractivity contribution in [3.8, 4) is 0 Å². The molecule has 1 aliphatic rings. The van der Waals surface area contributed by atoms with E-state index in [-0.39, 0.29) is 11.5 Å². The molecule has 0 atom stereocenters. The van der Waals surface area contributed by atoms with Crippen LogP contribution in [0, 0.1) is 10.1 Å². The van der Waals surface area contributed by atoms with Crippen molar-refractivity contribution in [2.75, 3.05) is 23.3 Å². The SMILES string of the molecule is O=[N+]([O-])c1c(Nc2nccs2)ncnc1N1CCCCCC1. The van der Waals surface area contributed by atoms with Gasteiger partial charge in [0.2, 0.25) is 11.6 Å². The number of nitrogens with zero attached hydrogens (tertiary/aromatic N) is 5. The van der Waals surface area contributed by atoms with Crippen LogP contribution in [0.4, 0.5) is 22.5 Å². The standard InChI is InChI=1S/C13H16N6O2S/c20-19(21)10-11(17-13-14-5-8-22-13)15-9-16-12(10)18-6-3-1-2-4-7-18/h5,8-9H,1-4,6-7H2,(H,14,15,16,17). The van der Waals surface area contributed by atoms with Gasteiger partial charge in [0, 0.05) is 24.7 Å². The molecule has 0 saturated carbocycles. The topological polar surface area (TPSA) is 97.1 Å². The van der Waals surface area contributed by atoms with Gasteiger partial charge in [0.05, 0.1) is 4.92 Å². The number of rotatable bonds is 4. The van der Waals surface area contributed by atoms with Crippen molar-refractivity contribution < 1.29 is 4.92 Å². The summed E-state index contributed by atoms with van der Waals surface area (Å²) in [7, 11) is 0. The Morgan fingerprint density at radius 2 is 1.95 bits per heavy atom. The number of nitrogens with one attached hydrogen (secondary N) is 1. The number of aromatic nitrogens is 3. The monoisotopic (exact) mass is 320 g/mol. The summed E-state index contributed by atoms with van der Waals surface area (Å²) in [5, 5.41) is 16.8. The lowest BCUT2D eigenvalue weighted by Gasteiger charge is -2.21. The van der Waals surface area contributed by atoms with Gasteiger partial charge in [0.15, 0.2) is 5.13 Å². The Kier molecular flexibility index (Phi) is 4.42. The third kappa shape index (κ3) is 3.14. The molecule has 0 amide bonds. The second kappa shape index (κ2) is 6.65. The Hall–Kier alpha value is -2.29. The van der Waals surface area contributed by atoms with Gasteiger partial charge in [-0.1, -0.05) is 12.8 Å². The van der Waals surface area contributed by atoms with E-state index in [4.69, 9.17) is 0 Å². The minimum Gasteiger partial charge on any atom is -0.351 e. The van der Waals surface area contributed by atoms with Gasteiger partial charge in [-0.15, -0.1) is 11.3 Å². The molecule has 2 aromatic rings. The molecule has 0 bridgehead atoms. The molecular weight excluding hydrogens is 304 g/mol. The van der Waals surface area contributed by atoms with E-state index in [1.165, 1.54) is 17.7 Å². The molecule has 1 N–H and O–H groups in total. The Balaban J connectivity index is 1.96. The predicted molar refractivity (Wildman–Crippen MR) is 84.8 cm³/mol. The Labute approximate surface area is 131 Å². The zero-order chi connectivity index (χ0) is 15.4. The number of thiazole rings is 1. The van der Waals surface area contributed by atoms with Crippen molar-refractivity contribution >= 4 is 33.8 Å². The fraction of sp³-hybridized carbons (Fsp3) is 0.462. The highest BCUT2D eigenvalue weighted by atomic mass is 32.1. The summed E-state index contributed by atoms with van der Waals surface area (Å²) in [6.45, 7) is 1.57. The van der Waals surface area contributed by atoms with Crippen LogP contribution >= 0.6 is 11.3 Å². The molecule has 2 aromatic heterocycles. The van der Waals surface area contributed by atoms with E-state index >= 15 is 0 Å². The summed E-state index contributed by atoms with van der Waals surface area (Å²) in [5.74, 6) is 0.579. The lowest BCUT2D eigenvalue weighted by molar-refractivity contribution is -0.383. The van der Waals surface area contributed by atoms with Gasteiger partial charge in [-0.25, -0.2) is 15.0 Å². The third-order valence-electron chi connectivity index (χ3n) is 3.55. The Morgan fingerprint density at radius 3 is 2.59 bits per heavy atom. The minimum absolute atomic E-state index is 0.0837. The number of hydrogen-bond acceptors (Lipinski definition) is 8. The molecule has 116 valence electrons. The highest BCUT2D eigenvalue weighted by Crippen LogP contribution is 2.34. The van der Waals surface area contributed by atoms with Gasteiger partial charge in [-0.3, -0.25) is 10.1 Å². The van der Waals surface area contributed by atoms with Crippen LogP contribution < -0.4 is 10.2 Å². The van der Waals surface area contributed by atoms with Gasteiger partial charge in [-0.05, 0) is 12.8 Å². The largest absolute Gasteiger partial charge is 0.353 e. The lowest BCUT2D eigenvalue weighted by Crippen LogP contribution is -2.26. The summed E-state index contributed by atoms with van der Waals surface area (Å²) in [6.07, 6.45) is 7.35. The third-order valence-corrected chi connectivity index (χ3v) is 4.24. The van der Waals surface area contributed by atoms with E-state index in [9.17, 15) is 10.1 Å². The van der Waals surface area contributed by atoms with Crippen LogP contribution in [0.25, 0.3) is 0 Å². The molecule has 1 fully saturated rings. The van der Waals surface area contributed by atoms with Crippen molar-refractivity contribution in [3.05, 3.63) is 28.0 Å². The van der Waals surface area contributed by atoms with Crippen LogP contribution in [0.15, 0.2) is 17.9 Å². The van der Waals surface area contributed by atoms with Crippen LogP contribution in [0.3, 0.4) is 0 Å². The lowest BCUT2D eigenvalue weighted by atomic mass is 10.2. The van der Waals surface area contributed by atoms with E-state index in [1.807, 2.05) is 4.90 Å². The molecule has 3 heterocycles. The van der Waals surface area contributed by atoms with Gasteiger partial charge < -0.3 is 10.2 Å². The van der Waals surface area contributed by atoms with Crippen LogP contribution in [-0.4, -0.2) is 33.0 Å². The summed E-state index contributed by atoms with van der Waals surface area (Å²) in [6, 6.07) is 0. The Bertz CT molecular complexity index is 640. The van der Waals surface area contributed by atoms with Crippen LogP contribution in [0.1, 0.15) is 25.7 Å². The highest BCUT2D eigenvalue weighted by Gasteiger charge is 2.27. The number of nitro groups is 1. The zero-order valence-electron chi connectivity index (χ0n) is 11.9. The van der Waals surface area contributed by atoms with E-state index in [1.54, 1.807) is 11.6 Å².